The Balaban J connectivity index is 1.71. The van der Waals surface area contributed by atoms with Gasteiger partial charge in [0.1, 0.15) is 0 Å². The third-order valence-corrected chi connectivity index (χ3v) is 6.30. The van der Waals surface area contributed by atoms with Crippen LogP contribution in [0.15, 0.2) is 8.95 Å². The first-order valence-electron chi connectivity index (χ1n) is 7.97. The van der Waals surface area contributed by atoms with Gasteiger partial charge in [0.05, 0.1) is 26.9 Å². The van der Waals surface area contributed by atoms with E-state index in [9.17, 15) is 4.79 Å². The first-order chi connectivity index (χ1) is 11.3. The molecule has 0 saturated carbocycles. The fraction of sp³-hybridized carbons (Fsp3) is 0.562. The van der Waals surface area contributed by atoms with Crippen LogP contribution in [-0.4, -0.2) is 32.0 Å². The molecule has 0 aliphatic heterocycles. The molecule has 2 aromatic heterocycles. The zero-order valence-electron chi connectivity index (χ0n) is 14.5. The summed E-state index contributed by atoms with van der Waals surface area (Å²) >= 11 is 7.02. The van der Waals surface area contributed by atoms with Gasteiger partial charge in [-0.25, -0.2) is 0 Å². The van der Waals surface area contributed by atoms with E-state index in [0.29, 0.717) is 19.5 Å². The minimum atomic E-state index is 0.0493. The highest BCUT2D eigenvalue weighted by Gasteiger charge is 2.11. The van der Waals surface area contributed by atoms with E-state index in [0.717, 1.165) is 44.7 Å². The first kappa shape index (κ1) is 19.2. The fourth-order valence-electron chi connectivity index (χ4n) is 2.54. The lowest BCUT2D eigenvalue weighted by atomic mass is 10.3. The van der Waals surface area contributed by atoms with Crippen molar-refractivity contribution in [2.24, 2.45) is 0 Å². The molecule has 2 rings (SSSR count). The molecule has 6 nitrogen and oxygen atoms in total. The number of carbonyl (C=O) groups is 1. The molecule has 0 spiro atoms. The highest BCUT2D eigenvalue weighted by molar-refractivity contribution is 9.10. The third kappa shape index (κ3) is 4.47. The van der Waals surface area contributed by atoms with Crippen molar-refractivity contribution in [1.82, 2.24) is 24.9 Å². The maximum atomic E-state index is 12.0. The number of hydrogen-bond acceptors (Lipinski definition) is 3. The van der Waals surface area contributed by atoms with E-state index >= 15 is 0 Å². The van der Waals surface area contributed by atoms with E-state index in [-0.39, 0.29) is 5.91 Å². The fourth-order valence-corrected chi connectivity index (χ4v) is 3.11. The molecular weight excluding hydrogens is 438 g/mol. The van der Waals surface area contributed by atoms with Gasteiger partial charge in [-0.1, -0.05) is 0 Å². The summed E-state index contributed by atoms with van der Waals surface area (Å²) in [6.45, 7) is 9.99. The highest BCUT2D eigenvalue weighted by Crippen LogP contribution is 2.20. The van der Waals surface area contributed by atoms with Crippen LogP contribution in [0.25, 0.3) is 0 Å². The van der Waals surface area contributed by atoms with E-state index in [2.05, 4.69) is 47.4 Å². The van der Waals surface area contributed by atoms with Gasteiger partial charge in [-0.15, -0.1) is 0 Å². The Kier molecular flexibility index (Phi) is 6.62. The molecule has 0 aliphatic carbocycles. The predicted octanol–water partition coefficient (Wildman–Crippen LogP) is 3.43. The second kappa shape index (κ2) is 8.29. The summed E-state index contributed by atoms with van der Waals surface area (Å²) in [5.74, 6) is 0.0493. The number of nitrogens with one attached hydrogen (secondary N) is 1. The highest BCUT2D eigenvalue weighted by atomic mass is 79.9. The molecule has 0 saturated heterocycles. The SMILES string of the molecule is Cc1nn(CCCNC(=O)CCn2nc(C)c(Br)c2C)c(C)c1Br. The molecule has 2 aromatic rings. The number of halogens is 2. The van der Waals surface area contributed by atoms with Crippen LogP contribution in [0.4, 0.5) is 0 Å². The summed E-state index contributed by atoms with van der Waals surface area (Å²) in [5.41, 5.74) is 4.11. The molecule has 0 aliphatic rings. The number of aromatic nitrogens is 4. The summed E-state index contributed by atoms with van der Waals surface area (Å²) in [5, 5.41) is 11.8. The average molecular weight is 461 g/mol. The zero-order chi connectivity index (χ0) is 17.9. The van der Waals surface area contributed by atoms with Gasteiger partial charge in [0.15, 0.2) is 0 Å². The molecule has 0 bridgehead atoms. The number of amides is 1. The molecule has 2 heterocycles. The maximum absolute atomic E-state index is 12.0. The molecule has 1 amide bonds. The van der Waals surface area contributed by atoms with Crippen molar-refractivity contribution in [3.63, 3.8) is 0 Å². The third-order valence-electron chi connectivity index (χ3n) is 4.01. The molecule has 0 unspecified atom stereocenters. The van der Waals surface area contributed by atoms with Gasteiger partial charge in [0, 0.05) is 30.9 Å². The van der Waals surface area contributed by atoms with Crippen LogP contribution >= 0.6 is 31.9 Å². The molecular formula is C16H23Br2N5O. The van der Waals surface area contributed by atoms with Crippen LogP contribution in [0, 0.1) is 27.7 Å². The molecule has 0 aromatic carbocycles. The normalized spacial score (nSPS) is 11.1. The summed E-state index contributed by atoms with van der Waals surface area (Å²) in [4.78, 5) is 12.0. The van der Waals surface area contributed by atoms with Gasteiger partial charge >= 0.3 is 0 Å². The number of hydrogen-bond donors (Lipinski definition) is 1. The summed E-state index contributed by atoms with van der Waals surface area (Å²) in [6, 6.07) is 0. The van der Waals surface area contributed by atoms with Crippen molar-refractivity contribution in [2.75, 3.05) is 6.54 Å². The number of aryl methyl sites for hydroxylation is 4. The summed E-state index contributed by atoms with van der Waals surface area (Å²) in [6.07, 6.45) is 1.28. The Bertz CT molecular complexity index is 735. The molecule has 0 radical (unpaired) electrons. The van der Waals surface area contributed by atoms with Crippen LogP contribution in [0.2, 0.25) is 0 Å². The van der Waals surface area contributed by atoms with Gasteiger partial charge < -0.3 is 5.32 Å². The Hall–Kier alpha value is -1.15. The van der Waals surface area contributed by atoms with Gasteiger partial charge in [-0.3, -0.25) is 14.2 Å². The maximum Gasteiger partial charge on any atom is 0.221 e. The summed E-state index contributed by atoms with van der Waals surface area (Å²) in [7, 11) is 0. The Morgan fingerprint density at radius 2 is 1.46 bits per heavy atom. The smallest absolute Gasteiger partial charge is 0.221 e. The lowest BCUT2D eigenvalue weighted by Gasteiger charge is -2.08. The number of rotatable bonds is 7. The van der Waals surface area contributed by atoms with Gasteiger partial charge in [0.2, 0.25) is 5.91 Å². The largest absolute Gasteiger partial charge is 0.356 e. The van der Waals surface area contributed by atoms with Gasteiger partial charge in [0.25, 0.3) is 0 Å². The van der Waals surface area contributed by atoms with Crippen molar-refractivity contribution >= 4 is 37.8 Å². The topological polar surface area (TPSA) is 64.7 Å². The molecule has 0 atom stereocenters. The molecule has 1 N–H and O–H groups in total. The van der Waals surface area contributed by atoms with Crippen LogP contribution < -0.4 is 5.32 Å². The van der Waals surface area contributed by atoms with Gasteiger partial charge in [-0.2, -0.15) is 10.2 Å². The minimum absolute atomic E-state index is 0.0493. The van der Waals surface area contributed by atoms with E-state index in [1.807, 2.05) is 37.1 Å². The Labute approximate surface area is 159 Å². The lowest BCUT2D eigenvalue weighted by molar-refractivity contribution is -0.121. The predicted molar refractivity (Wildman–Crippen MR) is 101 cm³/mol. The second-order valence-corrected chi connectivity index (χ2v) is 7.46. The Morgan fingerprint density at radius 3 is 1.92 bits per heavy atom. The van der Waals surface area contributed by atoms with Crippen molar-refractivity contribution in [2.45, 2.75) is 53.6 Å². The standard InChI is InChI=1S/C16H23Br2N5O/c1-10-15(17)12(3)22(20-10)8-5-7-19-14(24)6-9-23-13(4)16(18)11(2)21-23/h5-9H2,1-4H3,(H,19,24). The monoisotopic (exact) mass is 459 g/mol. The lowest BCUT2D eigenvalue weighted by Crippen LogP contribution is -2.26. The summed E-state index contributed by atoms with van der Waals surface area (Å²) < 4.78 is 5.91. The van der Waals surface area contributed by atoms with E-state index in [1.165, 1.54) is 0 Å². The quantitative estimate of drug-likeness (QED) is 0.643. The molecule has 0 fully saturated rings. The van der Waals surface area contributed by atoms with Crippen LogP contribution in [0.1, 0.15) is 35.6 Å². The molecule has 132 valence electrons. The van der Waals surface area contributed by atoms with Crippen molar-refractivity contribution in [1.29, 1.82) is 0 Å². The second-order valence-electron chi connectivity index (χ2n) is 5.87. The Morgan fingerprint density at radius 1 is 0.958 bits per heavy atom. The molecule has 8 heteroatoms. The average Bonchev–Trinajstić information content (AvgIpc) is 2.94. The number of nitrogens with zero attached hydrogens (tertiary/aromatic N) is 4. The molecule has 24 heavy (non-hydrogen) atoms. The van der Waals surface area contributed by atoms with Crippen molar-refractivity contribution in [3.05, 3.63) is 31.7 Å². The van der Waals surface area contributed by atoms with Crippen molar-refractivity contribution < 1.29 is 4.79 Å². The number of carbonyl (C=O) groups excluding carboxylic acids is 1. The zero-order valence-corrected chi connectivity index (χ0v) is 17.7. The van der Waals surface area contributed by atoms with E-state index < -0.39 is 0 Å². The first-order valence-corrected chi connectivity index (χ1v) is 9.55. The van der Waals surface area contributed by atoms with Gasteiger partial charge in [-0.05, 0) is 66.0 Å². The van der Waals surface area contributed by atoms with Crippen molar-refractivity contribution in [3.8, 4) is 0 Å². The van der Waals surface area contributed by atoms with E-state index in [1.54, 1.807) is 0 Å². The van der Waals surface area contributed by atoms with E-state index in [4.69, 9.17) is 0 Å². The van der Waals surface area contributed by atoms with Crippen LogP contribution in [0.3, 0.4) is 0 Å². The van der Waals surface area contributed by atoms with Crippen LogP contribution in [0.5, 0.6) is 0 Å². The minimum Gasteiger partial charge on any atom is -0.356 e. The van der Waals surface area contributed by atoms with Crippen LogP contribution in [-0.2, 0) is 17.9 Å².